The molecule has 1 aliphatic carbocycles. The molecule has 1 amide bonds. The lowest BCUT2D eigenvalue weighted by Gasteiger charge is -2.35. The molecule has 3 aliphatic rings. The fraction of sp³-hybridized carbons (Fsp3) is 0.522. The molecule has 0 radical (unpaired) electrons. The quantitative estimate of drug-likeness (QED) is 0.780. The largest absolute Gasteiger partial charge is 0.492 e. The molecule has 1 saturated heterocycles. The molecule has 2 aromatic rings. The van der Waals surface area contributed by atoms with Gasteiger partial charge in [-0.2, -0.15) is 0 Å². The van der Waals surface area contributed by atoms with E-state index >= 15 is 0 Å². The van der Waals surface area contributed by atoms with Gasteiger partial charge in [-0.15, -0.1) is 0 Å². The van der Waals surface area contributed by atoms with Crippen LogP contribution in [0.3, 0.4) is 0 Å². The minimum atomic E-state index is -0.0698. The average molecular weight is 393 g/mol. The maximum atomic E-state index is 13.0. The standard InChI is InChI=1S/C23H27N3O3/c27-23(19-11-18-3-1-2-4-21(18)28-14-19)26-9-7-16(8-10-26)13-29-22-12-20(17-5-6-17)24-15-25-22/h1-4,12,15-17,19H,5-11,13-14H2/t19-/m0/s1. The normalized spacial score (nSPS) is 21.9. The third-order valence-electron chi connectivity index (χ3n) is 6.28. The lowest BCUT2D eigenvalue weighted by Crippen LogP contribution is -2.45. The maximum absolute atomic E-state index is 13.0. The summed E-state index contributed by atoms with van der Waals surface area (Å²) in [4.78, 5) is 23.5. The van der Waals surface area contributed by atoms with E-state index in [4.69, 9.17) is 9.47 Å². The number of para-hydroxylation sites is 1. The second kappa shape index (κ2) is 8.01. The molecule has 0 bridgehead atoms. The molecule has 1 atom stereocenters. The molecule has 2 aliphatic heterocycles. The summed E-state index contributed by atoms with van der Waals surface area (Å²) < 4.78 is 11.7. The number of hydrogen-bond acceptors (Lipinski definition) is 5. The summed E-state index contributed by atoms with van der Waals surface area (Å²) in [5.41, 5.74) is 2.24. The van der Waals surface area contributed by atoms with Gasteiger partial charge in [-0.3, -0.25) is 4.79 Å². The molecule has 1 aromatic carbocycles. The van der Waals surface area contributed by atoms with Crippen molar-refractivity contribution in [1.29, 1.82) is 0 Å². The van der Waals surface area contributed by atoms with Crippen LogP contribution in [0.4, 0.5) is 0 Å². The van der Waals surface area contributed by atoms with Crippen molar-refractivity contribution in [3.8, 4) is 11.6 Å². The number of nitrogens with zero attached hydrogens (tertiary/aromatic N) is 3. The van der Waals surface area contributed by atoms with Crippen LogP contribution in [0, 0.1) is 11.8 Å². The summed E-state index contributed by atoms with van der Waals surface area (Å²) in [5, 5.41) is 0. The topological polar surface area (TPSA) is 64.5 Å². The number of carbonyl (C=O) groups is 1. The van der Waals surface area contributed by atoms with E-state index in [2.05, 4.69) is 16.0 Å². The Morgan fingerprint density at radius 2 is 1.97 bits per heavy atom. The highest BCUT2D eigenvalue weighted by Gasteiger charge is 2.32. The van der Waals surface area contributed by atoms with E-state index in [0.717, 1.165) is 49.4 Å². The predicted octanol–water partition coefficient (Wildman–Crippen LogP) is 3.22. The van der Waals surface area contributed by atoms with Crippen molar-refractivity contribution in [2.24, 2.45) is 11.8 Å². The van der Waals surface area contributed by atoms with Crippen LogP contribution in [0.2, 0.25) is 0 Å². The maximum Gasteiger partial charge on any atom is 0.229 e. The first-order chi connectivity index (χ1) is 14.3. The zero-order valence-corrected chi connectivity index (χ0v) is 16.6. The van der Waals surface area contributed by atoms with Gasteiger partial charge in [-0.1, -0.05) is 18.2 Å². The molecular weight excluding hydrogens is 366 g/mol. The van der Waals surface area contributed by atoms with Gasteiger partial charge in [0.25, 0.3) is 0 Å². The van der Waals surface area contributed by atoms with E-state index in [-0.39, 0.29) is 11.8 Å². The molecule has 6 heteroatoms. The minimum absolute atomic E-state index is 0.0698. The van der Waals surface area contributed by atoms with E-state index in [1.54, 1.807) is 6.33 Å². The lowest BCUT2D eigenvalue weighted by atomic mass is 9.93. The third-order valence-corrected chi connectivity index (χ3v) is 6.28. The number of rotatable bonds is 5. The number of likely N-dealkylation sites (tertiary alicyclic amines) is 1. The van der Waals surface area contributed by atoms with Crippen molar-refractivity contribution < 1.29 is 14.3 Å². The minimum Gasteiger partial charge on any atom is -0.492 e. The Morgan fingerprint density at radius 1 is 1.14 bits per heavy atom. The number of amides is 1. The highest BCUT2D eigenvalue weighted by Crippen LogP contribution is 2.39. The van der Waals surface area contributed by atoms with E-state index in [9.17, 15) is 4.79 Å². The smallest absolute Gasteiger partial charge is 0.229 e. The summed E-state index contributed by atoms with van der Waals surface area (Å²) in [6.45, 7) is 2.73. The predicted molar refractivity (Wildman–Crippen MR) is 108 cm³/mol. The first-order valence-electron chi connectivity index (χ1n) is 10.7. The van der Waals surface area contributed by atoms with Crippen LogP contribution in [-0.2, 0) is 11.2 Å². The van der Waals surface area contributed by atoms with Gasteiger partial charge >= 0.3 is 0 Å². The number of hydrogen-bond donors (Lipinski definition) is 0. The lowest BCUT2D eigenvalue weighted by molar-refractivity contribution is -0.138. The fourth-order valence-electron chi connectivity index (χ4n) is 4.30. The van der Waals surface area contributed by atoms with Crippen molar-refractivity contribution in [3.05, 3.63) is 47.9 Å². The molecule has 5 rings (SSSR count). The van der Waals surface area contributed by atoms with E-state index in [1.807, 2.05) is 29.2 Å². The average Bonchev–Trinajstić information content (AvgIpc) is 3.63. The van der Waals surface area contributed by atoms with E-state index in [0.29, 0.717) is 30.9 Å². The first kappa shape index (κ1) is 18.4. The molecule has 2 fully saturated rings. The van der Waals surface area contributed by atoms with Crippen LogP contribution in [0.5, 0.6) is 11.6 Å². The molecular formula is C23H27N3O3. The van der Waals surface area contributed by atoms with Crippen LogP contribution in [0.25, 0.3) is 0 Å². The zero-order chi connectivity index (χ0) is 19.6. The molecule has 6 nitrogen and oxygen atoms in total. The fourth-order valence-corrected chi connectivity index (χ4v) is 4.30. The molecule has 0 N–H and O–H groups in total. The highest BCUT2D eigenvalue weighted by molar-refractivity contribution is 5.80. The summed E-state index contributed by atoms with van der Waals surface area (Å²) >= 11 is 0. The van der Waals surface area contributed by atoms with Gasteiger partial charge in [0.2, 0.25) is 11.8 Å². The SMILES string of the molecule is O=C([C@@H]1COc2ccccc2C1)N1CCC(COc2cc(C3CC3)ncn2)CC1. The van der Waals surface area contributed by atoms with Crippen LogP contribution in [-0.4, -0.2) is 47.1 Å². The van der Waals surface area contributed by atoms with Crippen molar-refractivity contribution in [1.82, 2.24) is 14.9 Å². The molecule has 0 spiro atoms. The summed E-state index contributed by atoms with van der Waals surface area (Å²) in [6.07, 6.45) is 6.76. The third kappa shape index (κ3) is 4.21. The second-order valence-corrected chi connectivity index (χ2v) is 8.45. The summed E-state index contributed by atoms with van der Waals surface area (Å²) in [5.74, 6) is 2.82. The highest BCUT2D eigenvalue weighted by atomic mass is 16.5. The van der Waals surface area contributed by atoms with Crippen molar-refractivity contribution in [2.75, 3.05) is 26.3 Å². The zero-order valence-electron chi connectivity index (χ0n) is 16.6. The van der Waals surface area contributed by atoms with Crippen molar-refractivity contribution >= 4 is 5.91 Å². The number of benzene rings is 1. The molecule has 0 unspecified atom stereocenters. The Labute approximate surface area is 171 Å². The number of ether oxygens (including phenoxy) is 2. The van der Waals surface area contributed by atoms with Crippen molar-refractivity contribution in [3.63, 3.8) is 0 Å². The van der Waals surface area contributed by atoms with Gasteiger partial charge in [0.1, 0.15) is 18.7 Å². The number of aromatic nitrogens is 2. The molecule has 1 aromatic heterocycles. The van der Waals surface area contributed by atoms with Gasteiger partial charge < -0.3 is 14.4 Å². The van der Waals surface area contributed by atoms with Gasteiger partial charge in [-0.25, -0.2) is 9.97 Å². The van der Waals surface area contributed by atoms with E-state index < -0.39 is 0 Å². The molecule has 152 valence electrons. The molecule has 3 heterocycles. The van der Waals surface area contributed by atoms with E-state index in [1.165, 1.54) is 12.8 Å². The monoisotopic (exact) mass is 393 g/mol. The summed E-state index contributed by atoms with van der Waals surface area (Å²) in [7, 11) is 0. The Balaban J connectivity index is 1.10. The summed E-state index contributed by atoms with van der Waals surface area (Å²) in [6, 6.07) is 10.00. The second-order valence-electron chi connectivity index (χ2n) is 8.45. The molecule has 1 saturated carbocycles. The van der Waals surface area contributed by atoms with Gasteiger partial charge in [0.15, 0.2) is 0 Å². The number of fused-ring (bicyclic) bond motifs is 1. The first-order valence-corrected chi connectivity index (χ1v) is 10.7. The Hall–Kier alpha value is -2.63. The van der Waals surface area contributed by atoms with Crippen LogP contribution in [0.15, 0.2) is 36.7 Å². The number of piperidine rings is 1. The van der Waals surface area contributed by atoms with Crippen LogP contribution < -0.4 is 9.47 Å². The van der Waals surface area contributed by atoms with Gasteiger partial charge in [-0.05, 0) is 49.7 Å². The Kier molecular flexibility index (Phi) is 5.08. The Bertz CT molecular complexity index is 875. The van der Waals surface area contributed by atoms with Gasteiger partial charge in [0.05, 0.1) is 18.2 Å². The van der Waals surface area contributed by atoms with Crippen LogP contribution in [0.1, 0.15) is 42.9 Å². The van der Waals surface area contributed by atoms with Crippen molar-refractivity contribution in [2.45, 2.75) is 38.0 Å². The molecule has 29 heavy (non-hydrogen) atoms. The number of carbonyl (C=O) groups excluding carboxylic acids is 1. The van der Waals surface area contributed by atoms with Gasteiger partial charge in [0, 0.05) is 25.1 Å². The Morgan fingerprint density at radius 3 is 2.79 bits per heavy atom. The van der Waals surface area contributed by atoms with Crippen LogP contribution >= 0.6 is 0 Å².